The second kappa shape index (κ2) is 8.35. The van der Waals surface area contributed by atoms with Crippen LogP contribution in [-0.2, 0) is 4.74 Å². The standard InChI is InChI=1S/C21H22F2N4O3/c1-12(2)30-18-9-17-13(10-27(26-17)14-6-7-29-11-14)8-15(18)21(28)25-19-5-3-4-16(24-19)20(22)23/h3-5,8-10,12,14,20H,6-7,11H2,1-2H3,(H,24,25,28)/t14-/m1/s1. The van der Waals surface area contributed by atoms with Crippen molar-refractivity contribution in [3.63, 3.8) is 0 Å². The average Bonchev–Trinajstić information content (AvgIpc) is 3.36. The van der Waals surface area contributed by atoms with Crippen LogP contribution in [0.15, 0.2) is 36.5 Å². The van der Waals surface area contributed by atoms with Crippen LogP contribution >= 0.6 is 0 Å². The topological polar surface area (TPSA) is 78.3 Å². The Morgan fingerprint density at radius 2 is 2.17 bits per heavy atom. The molecule has 7 nitrogen and oxygen atoms in total. The van der Waals surface area contributed by atoms with E-state index in [2.05, 4.69) is 15.4 Å². The number of hydrogen-bond acceptors (Lipinski definition) is 5. The van der Waals surface area contributed by atoms with E-state index in [0.717, 1.165) is 11.8 Å². The van der Waals surface area contributed by atoms with Crippen LogP contribution in [0.4, 0.5) is 14.6 Å². The second-order valence-corrected chi connectivity index (χ2v) is 7.40. The second-order valence-electron chi connectivity index (χ2n) is 7.40. The Labute approximate surface area is 172 Å². The van der Waals surface area contributed by atoms with Crippen molar-refractivity contribution in [3.05, 3.63) is 47.8 Å². The molecule has 0 spiro atoms. The Hall–Kier alpha value is -3.07. The molecule has 158 valence electrons. The van der Waals surface area contributed by atoms with Crippen molar-refractivity contribution in [1.29, 1.82) is 0 Å². The molecule has 3 aromatic rings. The van der Waals surface area contributed by atoms with Crippen LogP contribution in [0.5, 0.6) is 5.75 Å². The summed E-state index contributed by atoms with van der Waals surface area (Å²) in [7, 11) is 0. The van der Waals surface area contributed by atoms with Gasteiger partial charge in [-0.2, -0.15) is 5.10 Å². The molecule has 30 heavy (non-hydrogen) atoms. The van der Waals surface area contributed by atoms with Crippen LogP contribution < -0.4 is 10.1 Å². The molecule has 1 N–H and O–H groups in total. The van der Waals surface area contributed by atoms with Crippen LogP contribution in [-0.4, -0.2) is 40.0 Å². The summed E-state index contributed by atoms with van der Waals surface area (Å²) in [5.41, 5.74) is 0.580. The molecule has 1 aliphatic heterocycles. The molecule has 2 aromatic heterocycles. The molecule has 1 saturated heterocycles. The van der Waals surface area contributed by atoms with Gasteiger partial charge in [0.25, 0.3) is 12.3 Å². The first-order valence-corrected chi connectivity index (χ1v) is 9.74. The van der Waals surface area contributed by atoms with Crippen LogP contribution in [0.25, 0.3) is 10.9 Å². The minimum absolute atomic E-state index is 0.0483. The van der Waals surface area contributed by atoms with Gasteiger partial charge in [-0.15, -0.1) is 0 Å². The zero-order valence-corrected chi connectivity index (χ0v) is 16.6. The minimum atomic E-state index is -2.72. The number of ether oxygens (including phenoxy) is 2. The van der Waals surface area contributed by atoms with E-state index in [1.165, 1.54) is 18.2 Å². The number of pyridine rings is 1. The Balaban J connectivity index is 1.68. The van der Waals surface area contributed by atoms with Gasteiger partial charge < -0.3 is 14.8 Å². The Morgan fingerprint density at radius 1 is 1.33 bits per heavy atom. The van der Waals surface area contributed by atoms with Gasteiger partial charge in [-0.05, 0) is 38.5 Å². The van der Waals surface area contributed by atoms with Gasteiger partial charge in [-0.1, -0.05) is 6.07 Å². The molecule has 0 bridgehead atoms. The predicted molar refractivity (Wildman–Crippen MR) is 107 cm³/mol. The summed E-state index contributed by atoms with van der Waals surface area (Å²) in [6, 6.07) is 7.67. The number of aromatic nitrogens is 3. The van der Waals surface area contributed by atoms with Gasteiger partial charge in [0.1, 0.15) is 17.3 Å². The number of halogens is 2. The van der Waals surface area contributed by atoms with E-state index >= 15 is 0 Å². The molecule has 1 atom stereocenters. The molecule has 1 aromatic carbocycles. The van der Waals surface area contributed by atoms with Crippen molar-refractivity contribution in [2.75, 3.05) is 18.5 Å². The van der Waals surface area contributed by atoms with E-state index < -0.39 is 18.0 Å². The highest BCUT2D eigenvalue weighted by atomic mass is 19.3. The van der Waals surface area contributed by atoms with Crippen LogP contribution in [0.3, 0.4) is 0 Å². The van der Waals surface area contributed by atoms with Crippen LogP contribution in [0.2, 0.25) is 0 Å². The van der Waals surface area contributed by atoms with Crippen LogP contribution in [0.1, 0.15) is 48.8 Å². The van der Waals surface area contributed by atoms with Crippen molar-refractivity contribution in [2.45, 2.75) is 38.8 Å². The van der Waals surface area contributed by atoms with Crippen molar-refractivity contribution >= 4 is 22.6 Å². The first kappa shape index (κ1) is 20.2. The molecule has 0 unspecified atom stereocenters. The fourth-order valence-electron chi connectivity index (χ4n) is 3.34. The minimum Gasteiger partial charge on any atom is -0.490 e. The Bertz CT molecular complexity index is 1060. The van der Waals surface area contributed by atoms with Gasteiger partial charge in [0.15, 0.2) is 0 Å². The molecule has 0 radical (unpaired) electrons. The van der Waals surface area contributed by atoms with E-state index in [-0.39, 0.29) is 23.5 Å². The zero-order chi connectivity index (χ0) is 21.3. The number of amides is 1. The van der Waals surface area contributed by atoms with E-state index in [4.69, 9.17) is 9.47 Å². The lowest BCUT2D eigenvalue weighted by atomic mass is 10.1. The van der Waals surface area contributed by atoms with Crippen LogP contribution in [0, 0.1) is 0 Å². The average molecular weight is 416 g/mol. The van der Waals surface area contributed by atoms with E-state index in [1.807, 2.05) is 24.7 Å². The smallest absolute Gasteiger partial charge is 0.280 e. The monoisotopic (exact) mass is 416 g/mol. The maximum atomic E-state index is 12.9. The summed E-state index contributed by atoms with van der Waals surface area (Å²) in [6.45, 7) is 5.01. The number of carbonyl (C=O) groups is 1. The van der Waals surface area contributed by atoms with Gasteiger partial charge in [0, 0.05) is 24.3 Å². The lowest BCUT2D eigenvalue weighted by Gasteiger charge is -2.14. The number of alkyl halides is 2. The molecule has 1 aliphatic rings. The molecule has 1 fully saturated rings. The summed E-state index contributed by atoms with van der Waals surface area (Å²) in [4.78, 5) is 16.7. The Morgan fingerprint density at radius 3 is 2.87 bits per heavy atom. The molecular weight excluding hydrogens is 394 g/mol. The predicted octanol–water partition coefficient (Wildman–Crippen LogP) is 4.37. The number of benzene rings is 1. The lowest BCUT2D eigenvalue weighted by molar-refractivity contribution is 0.102. The molecule has 1 amide bonds. The van der Waals surface area contributed by atoms with Crippen molar-refractivity contribution in [1.82, 2.24) is 14.8 Å². The first-order valence-electron chi connectivity index (χ1n) is 9.74. The fourth-order valence-corrected chi connectivity index (χ4v) is 3.34. The highest BCUT2D eigenvalue weighted by molar-refractivity contribution is 6.08. The van der Waals surface area contributed by atoms with Gasteiger partial charge >= 0.3 is 0 Å². The third kappa shape index (κ3) is 4.25. The molecule has 9 heteroatoms. The number of hydrogen-bond donors (Lipinski definition) is 1. The number of nitrogens with zero attached hydrogens (tertiary/aromatic N) is 3. The molecule has 0 saturated carbocycles. The lowest BCUT2D eigenvalue weighted by Crippen LogP contribution is -2.16. The maximum absolute atomic E-state index is 12.9. The molecule has 0 aliphatic carbocycles. The summed E-state index contributed by atoms with van der Waals surface area (Å²) < 4.78 is 38.9. The van der Waals surface area contributed by atoms with Gasteiger partial charge in [-0.25, -0.2) is 13.8 Å². The van der Waals surface area contributed by atoms with Gasteiger partial charge in [0.05, 0.1) is 29.8 Å². The zero-order valence-electron chi connectivity index (χ0n) is 16.6. The highest BCUT2D eigenvalue weighted by Gasteiger charge is 2.22. The fraction of sp³-hybridized carbons (Fsp3) is 0.381. The molecule has 3 heterocycles. The van der Waals surface area contributed by atoms with Crippen molar-refractivity contribution in [3.8, 4) is 5.75 Å². The summed E-state index contributed by atoms with van der Waals surface area (Å²) in [6.07, 6.45) is -0.133. The van der Waals surface area contributed by atoms with E-state index in [9.17, 15) is 13.6 Å². The molecular formula is C21H22F2N4O3. The first-order chi connectivity index (χ1) is 14.4. The molecule has 4 rings (SSSR count). The summed E-state index contributed by atoms with van der Waals surface area (Å²) in [5.74, 6) is -0.0801. The van der Waals surface area contributed by atoms with Crippen molar-refractivity contribution < 1.29 is 23.0 Å². The largest absolute Gasteiger partial charge is 0.490 e. The van der Waals surface area contributed by atoms with E-state index in [0.29, 0.717) is 24.5 Å². The number of rotatable bonds is 6. The van der Waals surface area contributed by atoms with Crippen molar-refractivity contribution in [2.24, 2.45) is 0 Å². The SMILES string of the molecule is CC(C)Oc1cc2nn([C@@H]3CCOC3)cc2cc1C(=O)Nc1cccc(C(F)F)n1. The quantitative estimate of drug-likeness (QED) is 0.646. The highest BCUT2D eigenvalue weighted by Crippen LogP contribution is 2.29. The third-order valence-corrected chi connectivity index (χ3v) is 4.75. The number of nitrogens with one attached hydrogen (secondary N) is 1. The number of fused-ring (bicyclic) bond motifs is 1. The van der Waals surface area contributed by atoms with Gasteiger partial charge in [0.2, 0.25) is 0 Å². The maximum Gasteiger partial charge on any atom is 0.280 e. The third-order valence-electron chi connectivity index (χ3n) is 4.75. The van der Waals surface area contributed by atoms with E-state index in [1.54, 1.807) is 12.1 Å². The normalized spacial score (nSPS) is 16.5. The van der Waals surface area contributed by atoms with Gasteiger partial charge in [-0.3, -0.25) is 9.48 Å². The summed E-state index contributed by atoms with van der Waals surface area (Å²) >= 11 is 0. The number of anilines is 1. The number of carbonyl (C=O) groups excluding carboxylic acids is 1. The Kier molecular flexibility index (Phi) is 5.63. The summed E-state index contributed by atoms with van der Waals surface area (Å²) in [5, 5.41) is 7.97.